The fourth-order valence-corrected chi connectivity index (χ4v) is 2.38. The van der Waals surface area contributed by atoms with Crippen molar-refractivity contribution in [2.75, 3.05) is 46.4 Å². The van der Waals surface area contributed by atoms with Crippen LogP contribution in [-0.4, -0.2) is 46.4 Å². The molecule has 0 aromatic rings. The molecule has 1 saturated heterocycles. The number of quaternary nitrogens is 1. The average molecular weight is 215 g/mol. The van der Waals surface area contributed by atoms with E-state index in [0.717, 1.165) is 25.7 Å². The molecule has 0 aliphatic carbocycles. The molecular formula is C12H27N2O+. The number of morpholine rings is 1. The van der Waals surface area contributed by atoms with E-state index in [4.69, 9.17) is 4.74 Å². The van der Waals surface area contributed by atoms with Crippen molar-refractivity contribution in [3.63, 3.8) is 0 Å². The quantitative estimate of drug-likeness (QED) is 0.621. The van der Waals surface area contributed by atoms with Gasteiger partial charge in [-0.2, -0.15) is 0 Å². The minimum Gasteiger partial charge on any atom is -0.370 e. The Morgan fingerprint density at radius 3 is 2.60 bits per heavy atom. The van der Waals surface area contributed by atoms with Crippen molar-refractivity contribution < 1.29 is 9.64 Å². The first-order chi connectivity index (χ1) is 7.36. The van der Waals surface area contributed by atoms with Gasteiger partial charge in [-0.15, -0.1) is 0 Å². The van der Waals surface area contributed by atoms with Crippen LogP contribution in [0.1, 0.15) is 26.2 Å². The van der Waals surface area contributed by atoms with E-state index in [0.29, 0.717) is 0 Å². The molecule has 0 amide bonds. The van der Waals surface area contributed by atoms with Gasteiger partial charge in [0.25, 0.3) is 0 Å². The van der Waals surface area contributed by atoms with Gasteiger partial charge in [0.2, 0.25) is 0 Å². The van der Waals surface area contributed by atoms with Gasteiger partial charge in [0.15, 0.2) is 0 Å². The molecule has 1 fully saturated rings. The predicted octanol–water partition coefficient (Wildman–Crippen LogP) is -0.0727. The molecule has 1 aliphatic rings. The van der Waals surface area contributed by atoms with Crippen molar-refractivity contribution in [3.05, 3.63) is 0 Å². The Morgan fingerprint density at radius 2 is 2.00 bits per heavy atom. The second-order valence-corrected chi connectivity index (χ2v) is 4.61. The zero-order valence-corrected chi connectivity index (χ0v) is 10.3. The normalized spacial score (nSPS) is 20.4. The summed E-state index contributed by atoms with van der Waals surface area (Å²) in [5.74, 6) is 0.899. The van der Waals surface area contributed by atoms with Crippen LogP contribution in [0.3, 0.4) is 0 Å². The highest BCUT2D eigenvalue weighted by atomic mass is 16.5. The second-order valence-electron chi connectivity index (χ2n) is 4.61. The zero-order chi connectivity index (χ0) is 10.9. The molecule has 15 heavy (non-hydrogen) atoms. The summed E-state index contributed by atoms with van der Waals surface area (Å²) in [5, 5.41) is 3.26. The van der Waals surface area contributed by atoms with Crippen LogP contribution in [0.4, 0.5) is 0 Å². The highest BCUT2D eigenvalue weighted by Crippen LogP contribution is 2.08. The largest absolute Gasteiger partial charge is 0.370 e. The highest BCUT2D eigenvalue weighted by molar-refractivity contribution is 4.59. The zero-order valence-electron chi connectivity index (χ0n) is 10.3. The molecule has 1 rings (SSSR count). The second kappa shape index (κ2) is 8.08. The van der Waals surface area contributed by atoms with Gasteiger partial charge >= 0.3 is 0 Å². The Bertz CT molecular complexity index is 147. The first-order valence-corrected chi connectivity index (χ1v) is 6.42. The van der Waals surface area contributed by atoms with Gasteiger partial charge in [-0.25, -0.2) is 0 Å². The summed E-state index contributed by atoms with van der Waals surface area (Å²) < 4.78 is 5.39. The fraction of sp³-hybridized carbons (Fsp3) is 1.00. The molecule has 90 valence electrons. The topological polar surface area (TPSA) is 25.7 Å². The minimum absolute atomic E-state index is 0.899. The molecule has 1 aliphatic heterocycles. The number of hydrogen-bond acceptors (Lipinski definition) is 2. The first-order valence-electron chi connectivity index (χ1n) is 6.42. The summed E-state index contributed by atoms with van der Waals surface area (Å²) in [6, 6.07) is 0. The van der Waals surface area contributed by atoms with Crippen molar-refractivity contribution in [2.45, 2.75) is 26.2 Å². The lowest BCUT2D eigenvalue weighted by atomic mass is 9.99. The Hall–Kier alpha value is -0.120. The van der Waals surface area contributed by atoms with Crippen molar-refractivity contribution in [2.24, 2.45) is 5.92 Å². The number of nitrogens with one attached hydrogen (secondary N) is 2. The smallest absolute Gasteiger partial charge is 0.101 e. The molecule has 2 N–H and O–H groups in total. The van der Waals surface area contributed by atoms with Crippen LogP contribution in [0, 0.1) is 5.92 Å². The third-order valence-corrected chi connectivity index (χ3v) is 3.28. The fourth-order valence-electron chi connectivity index (χ4n) is 2.38. The lowest BCUT2D eigenvalue weighted by molar-refractivity contribution is -0.911. The van der Waals surface area contributed by atoms with Gasteiger partial charge in [-0.1, -0.05) is 13.3 Å². The monoisotopic (exact) mass is 215 g/mol. The Kier molecular flexibility index (Phi) is 6.98. The molecule has 1 heterocycles. The summed E-state index contributed by atoms with van der Waals surface area (Å²) in [6.07, 6.45) is 4.03. The molecule has 0 bridgehead atoms. The van der Waals surface area contributed by atoms with E-state index in [1.165, 1.54) is 38.9 Å². The van der Waals surface area contributed by atoms with E-state index in [-0.39, 0.29) is 0 Å². The van der Waals surface area contributed by atoms with Gasteiger partial charge in [0.1, 0.15) is 13.1 Å². The maximum Gasteiger partial charge on any atom is 0.101 e. The summed E-state index contributed by atoms with van der Waals surface area (Å²) in [4.78, 5) is 1.75. The van der Waals surface area contributed by atoms with E-state index in [1.54, 1.807) is 4.90 Å². The maximum absolute atomic E-state index is 5.39. The van der Waals surface area contributed by atoms with Gasteiger partial charge in [0.05, 0.1) is 19.8 Å². The molecule has 0 aromatic heterocycles. The highest BCUT2D eigenvalue weighted by Gasteiger charge is 2.18. The van der Waals surface area contributed by atoms with Crippen LogP contribution in [-0.2, 0) is 4.74 Å². The Labute approximate surface area is 94.2 Å². The maximum atomic E-state index is 5.39. The summed E-state index contributed by atoms with van der Waals surface area (Å²) in [6.45, 7) is 9.13. The van der Waals surface area contributed by atoms with Crippen LogP contribution >= 0.6 is 0 Å². The summed E-state index contributed by atoms with van der Waals surface area (Å²) in [5.41, 5.74) is 0. The van der Waals surface area contributed by atoms with Gasteiger partial charge < -0.3 is 15.0 Å². The molecule has 3 nitrogen and oxygen atoms in total. The predicted molar refractivity (Wildman–Crippen MR) is 63.3 cm³/mol. The number of rotatable bonds is 7. The number of ether oxygens (including phenoxy) is 1. The molecule has 0 radical (unpaired) electrons. The van der Waals surface area contributed by atoms with E-state index in [9.17, 15) is 0 Å². The van der Waals surface area contributed by atoms with Crippen LogP contribution < -0.4 is 10.2 Å². The standard InChI is InChI=1S/C12H26N2O/c1-3-4-12(5-6-13-2)11-14-7-9-15-10-8-14/h12-13H,3-11H2,1-2H3/p+1. The van der Waals surface area contributed by atoms with Gasteiger partial charge in [0, 0.05) is 5.92 Å². The third-order valence-electron chi connectivity index (χ3n) is 3.28. The molecule has 3 heteroatoms. The summed E-state index contributed by atoms with van der Waals surface area (Å²) >= 11 is 0. The van der Waals surface area contributed by atoms with Crippen molar-refractivity contribution in [1.29, 1.82) is 0 Å². The van der Waals surface area contributed by atoms with Crippen molar-refractivity contribution in [3.8, 4) is 0 Å². The van der Waals surface area contributed by atoms with E-state index < -0.39 is 0 Å². The molecule has 1 unspecified atom stereocenters. The van der Waals surface area contributed by atoms with Crippen LogP contribution in [0.5, 0.6) is 0 Å². The van der Waals surface area contributed by atoms with E-state index >= 15 is 0 Å². The molecule has 1 atom stereocenters. The Balaban J connectivity index is 2.21. The van der Waals surface area contributed by atoms with E-state index in [1.807, 2.05) is 7.05 Å². The molecule has 0 aromatic carbocycles. The van der Waals surface area contributed by atoms with Crippen LogP contribution in [0.25, 0.3) is 0 Å². The third kappa shape index (κ3) is 5.50. The summed E-state index contributed by atoms with van der Waals surface area (Å²) in [7, 11) is 2.05. The lowest BCUT2D eigenvalue weighted by Gasteiger charge is -2.27. The Morgan fingerprint density at radius 1 is 1.27 bits per heavy atom. The first kappa shape index (κ1) is 12.9. The molecular weight excluding hydrogens is 188 g/mol. The number of hydrogen-bond donors (Lipinski definition) is 2. The molecule has 0 spiro atoms. The van der Waals surface area contributed by atoms with E-state index in [2.05, 4.69) is 12.2 Å². The average Bonchev–Trinajstić information content (AvgIpc) is 2.28. The van der Waals surface area contributed by atoms with Crippen LogP contribution in [0.2, 0.25) is 0 Å². The van der Waals surface area contributed by atoms with Gasteiger partial charge in [-0.05, 0) is 26.4 Å². The van der Waals surface area contributed by atoms with Crippen molar-refractivity contribution in [1.82, 2.24) is 5.32 Å². The van der Waals surface area contributed by atoms with Crippen molar-refractivity contribution >= 4 is 0 Å². The SMILES string of the molecule is CCCC(CCNC)C[NH+]1CCOCC1. The van der Waals surface area contributed by atoms with Gasteiger partial charge in [-0.3, -0.25) is 0 Å². The molecule has 0 saturated carbocycles. The minimum atomic E-state index is 0.899. The van der Waals surface area contributed by atoms with Crippen LogP contribution in [0.15, 0.2) is 0 Å². The lowest BCUT2D eigenvalue weighted by Crippen LogP contribution is -3.14.